The number of rotatable bonds is 5. The quantitative estimate of drug-likeness (QED) is 0.879. The third kappa shape index (κ3) is 3.88. The van der Waals surface area contributed by atoms with Crippen molar-refractivity contribution >= 4 is 5.82 Å². The zero-order chi connectivity index (χ0) is 13.7. The molecule has 19 heavy (non-hydrogen) atoms. The van der Waals surface area contributed by atoms with E-state index in [9.17, 15) is 0 Å². The Morgan fingerprint density at radius 1 is 1.42 bits per heavy atom. The van der Waals surface area contributed by atoms with Gasteiger partial charge in [0.05, 0.1) is 6.61 Å². The molecule has 1 fully saturated rings. The van der Waals surface area contributed by atoms with Gasteiger partial charge in [0.1, 0.15) is 11.9 Å². The van der Waals surface area contributed by atoms with E-state index in [1.165, 1.54) is 0 Å². The van der Waals surface area contributed by atoms with Crippen molar-refractivity contribution in [1.29, 1.82) is 0 Å². The first-order chi connectivity index (χ1) is 9.22. The van der Waals surface area contributed by atoms with Crippen molar-refractivity contribution in [3.8, 4) is 0 Å². The van der Waals surface area contributed by atoms with Crippen LogP contribution in [0.2, 0.25) is 0 Å². The lowest BCUT2D eigenvalue weighted by atomic mass is 10.2. The van der Waals surface area contributed by atoms with E-state index in [1.54, 1.807) is 0 Å². The molecule has 2 heterocycles. The molecular weight excluding hydrogens is 240 g/mol. The van der Waals surface area contributed by atoms with Crippen LogP contribution in [0.5, 0.6) is 0 Å². The number of likely N-dealkylation sites (N-methyl/N-ethyl adjacent to an activating group) is 1. The molecule has 1 aromatic heterocycles. The van der Waals surface area contributed by atoms with Crippen LogP contribution in [0.1, 0.15) is 37.9 Å². The zero-order valence-corrected chi connectivity index (χ0v) is 12.1. The second-order valence-electron chi connectivity index (χ2n) is 5.00. The molecule has 106 valence electrons. The van der Waals surface area contributed by atoms with Crippen LogP contribution in [-0.2, 0) is 11.2 Å². The average Bonchev–Trinajstić information content (AvgIpc) is 2.39. The molecule has 5 nitrogen and oxygen atoms in total. The first-order valence-electron chi connectivity index (χ1n) is 7.14. The molecule has 1 saturated heterocycles. The summed E-state index contributed by atoms with van der Waals surface area (Å²) in [4.78, 5) is 11.5. The summed E-state index contributed by atoms with van der Waals surface area (Å²) in [5, 5.41) is 3.28. The molecule has 0 aliphatic carbocycles. The predicted molar refractivity (Wildman–Crippen MR) is 76.4 cm³/mol. The number of ether oxygens (including phenoxy) is 1. The third-order valence-corrected chi connectivity index (χ3v) is 3.22. The summed E-state index contributed by atoms with van der Waals surface area (Å²) in [6.45, 7) is 7.70. The zero-order valence-electron chi connectivity index (χ0n) is 12.1. The van der Waals surface area contributed by atoms with E-state index < -0.39 is 0 Å². The second-order valence-corrected chi connectivity index (χ2v) is 5.00. The largest absolute Gasteiger partial charge is 0.370 e. The fourth-order valence-electron chi connectivity index (χ4n) is 2.25. The predicted octanol–water partition coefficient (Wildman–Crippen LogP) is 1.86. The number of aryl methyl sites for hydroxylation is 1. The van der Waals surface area contributed by atoms with Crippen LogP contribution >= 0.6 is 0 Å². The molecular formula is C14H24N4O. The van der Waals surface area contributed by atoms with Gasteiger partial charge >= 0.3 is 0 Å². The fourth-order valence-corrected chi connectivity index (χ4v) is 2.25. The van der Waals surface area contributed by atoms with Gasteiger partial charge in [-0.15, -0.1) is 0 Å². The molecule has 1 aromatic rings. The molecule has 0 amide bonds. The maximum atomic E-state index is 5.81. The van der Waals surface area contributed by atoms with Crippen LogP contribution in [0, 0.1) is 0 Å². The molecule has 1 aliphatic heterocycles. The van der Waals surface area contributed by atoms with Crippen LogP contribution in [-0.4, -0.2) is 48.2 Å². The van der Waals surface area contributed by atoms with Gasteiger partial charge in [-0.3, -0.25) is 0 Å². The Morgan fingerprint density at radius 2 is 2.26 bits per heavy atom. The first kappa shape index (κ1) is 14.2. The molecule has 0 saturated carbocycles. The number of aromatic nitrogens is 2. The molecule has 1 unspecified atom stereocenters. The van der Waals surface area contributed by atoms with Crippen LogP contribution in [0.4, 0.5) is 5.82 Å². The maximum Gasteiger partial charge on any atom is 0.161 e. The average molecular weight is 264 g/mol. The molecule has 0 radical (unpaired) electrons. The fraction of sp³-hybridized carbons (Fsp3) is 0.714. The number of morpholine rings is 1. The van der Waals surface area contributed by atoms with Crippen LogP contribution < -0.4 is 5.32 Å². The van der Waals surface area contributed by atoms with E-state index in [4.69, 9.17) is 4.74 Å². The van der Waals surface area contributed by atoms with Gasteiger partial charge in [-0.05, 0) is 20.4 Å². The van der Waals surface area contributed by atoms with E-state index in [-0.39, 0.29) is 6.10 Å². The van der Waals surface area contributed by atoms with Gasteiger partial charge in [0.25, 0.3) is 0 Å². The standard InChI is InChI=1S/C14H24N4O/c1-4-6-11-9-13(15-5-2)17-14(16-11)12-10-18(3)7-8-19-12/h9,12H,4-8,10H2,1-3H3,(H,15,16,17). The summed E-state index contributed by atoms with van der Waals surface area (Å²) < 4.78 is 5.81. The Morgan fingerprint density at radius 3 is 2.95 bits per heavy atom. The van der Waals surface area contributed by atoms with Crippen molar-refractivity contribution < 1.29 is 4.74 Å². The molecule has 1 N–H and O–H groups in total. The van der Waals surface area contributed by atoms with Crippen LogP contribution in [0.25, 0.3) is 0 Å². The lowest BCUT2D eigenvalue weighted by Crippen LogP contribution is -2.36. The minimum absolute atomic E-state index is 0.00652. The summed E-state index contributed by atoms with van der Waals surface area (Å²) in [5.74, 6) is 1.72. The van der Waals surface area contributed by atoms with Gasteiger partial charge in [0.2, 0.25) is 0 Å². The monoisotopic (exact) mass is 264 g/mol. The number of nitrogens with one attached hydrogen (secondary N) is 1. The van der Waals surface area contributed by atoms with Crippen LogP contribution in [0.15, 0.2) is 6.07 Å². The Kier molecular flexibility index (Phi) is 5.10. The highest BCUT2D eigenvalue weighted by atomic mass is 16.5. The van der Waals surface area contributed by atoms with Crippen molar-refractivity contribution in [3.63, 3.8) is 0 Å². The molecule has 1 atom stereocenters. The van der Waals surface area contributed by atoms with Gasteiger partial charge in [0, 0.05) is 31.4 Å². The number of hydrogen-bond donors (Lipinski definition) is 1. The topological polar surface area (TPSA) is 50.3 Å². The van der Waals surface area contributed by atoms with Crippen molar-refractivity contribution in [2.45, 2.75) is 32.8 Å². The van der Waals surface area contributed by atoms with Gasteiger partial charge in [-0.2, -0.15) is 0 Å². The molecule has 1 aliphatic rings. The van der Waals surface area contributed by atoms with Gasteiger partial charge in [-0.25, -0.2) is 9.97 Å². The van der Waals surface area contributed by atoms with Gasteiger partial charge < -0.3 is 15.0 Å². The number of nitrogens with zero attached hydrogens (tertiary/aromatic N) is 3. The highest BCUT2D eigenvalue weighted by molar-refractivity contribution is 5.36. The normalized spacial score (nSPS) is 20.5. The Hall–Kier alpha value is -1.20. The van der Waals surface area contributed by atoms with Crippen molar-refractivity contribution in [2.24, 2.45) is 0 Å². The highest BCUT2D eigenvalue weighted by Gasteiger charge is 2.22. The van der Waals surface area contributed by atoms with Crippen LogP contribution in [0.3, 0.4) is 0 Å². The number of hydrogen-bond acceptors (Lipinski definition) is 5. The van der Waals surface area contributed by atoms with Crippen molar-refractivity contribution in [2.75, 3.05) is 38.6 Å². The molecule has 2 rings (SSSR count). The highest BCUT2D eigenvalue weighted by Crippen LogP contribution is 2.20. The number of anilines is 1. The van der Waals surface area contributed by atoms with E-state index in [2.05, 4.69) is 41.1 Å². The molecule has 0 spiro atoms. The smallest absolute Gasteiger partial charge is 0.161 e. The van der Waals surface area contributed by atoms with E-state index in [0.717, 1.165) is 56.4 Å². The van der Waals surface area contributed by atoms with Gasteiger partial charge in [0.15, 0.2) is 5.82 Å². The van der Waals surface area contributed by atoms with Crippen molar-refractivity contribution in [1.82, 2.24) is 14.9 Å². The Labute approximate surface area is 115 Å². The minimum atomic E-state index is -0.00652. The van der Waals surface area contributed by atoms with E-state index in [1.807, 2.05) is 6.07 Å². The van der Waals surface area contributed by atoms with Crippen molar-refractivity contribution in [3.05, 3.63) is 17.6 Å². The molecule has 5 heteroatoms. The first-order valence-corrected chi connectivity index (χ1v) is 7.14. The second kappa shape index (κ2) is 6.82. The summed E-state index contributed by atoms with van der Waals surface area (Å²) in [6.07, 6.45) is 2.07. The molecule has 0 aromatic carbocycles. The van der Waals surface area contributed by atoms with E-state index in [0.29, 0.717) is 0 Å². The summed E-state index contributed by atoms with van der Waals surface area (Å²) in [6, 6.07) is 2.04. The maximum absolute atomic E-state index is 5.81. The Balaban J connectivity index is 2.21. The minimum Gasteiger partial charge on any atom is -0.370 e. The lowest BCUT2D eigenvalue weighted by Gasteiger charge is -2.29. The van der Waals surface area contributed by atoms with E-state index >= 15 is 0 Å². The summed E-state index contributed by atoms with van der Waals surface area (Å²) in [5.41, 5.74) is 1.10. The van der Waals surface area contributed by atoms with Gasteiger partial charge in [-0.1, -0.05) is 13.3 Å². The summed E-state index contributed by atoms with van der Waals surface area (Å²) >= 11 is 0. The summed E-state index contributed by atoms with van der Waals surface area (Å²) in [7, 11) is 2.11. The Bertz CT molecular complexity index is 386. The lowest BCUT2D eigenvalue weighted by molar-refractivity contribution is -0.0255. The SMILES string of the molecule is CCCc1cc(NCC)nc(C2CN(C)CCO2)n1. The third-order valence-electron chi connectivity index (χ3n) is 3.22. The molecule has 0 bridgehead atoms.